The average Bonchev–Trinajstić information content (AvgIpc) is 3.36. The summed E-state index contributed by atoms with van der Waals surface area (Å²) < 4.78 is 16.9. The molecule has 0 saturated carbocycles. The second kappa shape index (κ2) is 58.7. The van der Waals surface area contributed by atoms with E-state index >= 15 is 0 Å². The van der Waals surface area contributed by atoms with Crippen molar-refractivity contribution in [2.75, 3.05) is 13.2 Å². The van der Waals surface area contributed by atoms with E-state index in [-0.39, 0.29) is 31.1 Å². The predicted molar refractivity (Wildman–Crippen MR) is 302 cm³/mol. The summed E-state index contributed by atoms with van der Waals surface area (Å²) in [6.45, 7) is 6.53. The number of allylic oxidation sites excluding steroid dienone is 10. The molecule has 0 amide bonds. The van der Waals surface area contributed by atoms with E-state index in [1.165, 1.54) is 173 Å². The Bertz CT molecular complexity index is 1260. The van der Waals surface area contributed by atoms with E-state index in [9.17, 15) is 14.4 Å². The zero-order valence-corrected chi connectivity index (χ0v) is 46.5. The van der Waals surface area contributed by atoms with Crippen molar-refractivity contribution in [2.45, 2.75) is 316 Å². The lowest BCUT2D eigenvalue weighted by atomic mass is 10.0. The quantitative estimate of drug-likeness (QED) is 0.0261. The molecule has 0 bridgehead atoms. The monoisotopic (exact) mass is 979 g/mol. The highest BCUT2D eigenvalue weighted by Crippen LogP contribution is 2.17. The van der Waals surface area contributed by atoms with E-state index in [0.29, 0.717) is 19.3 Å². The number of unbranched alkanes of at least 4 members (excludes halogenated alkanes) is 34. The fourth-order valence-electron chi connectivity index (χ4n) is 8.72. The van der Waals surface area contributed by atoms with E-state index in [4.69, 9.17) is 14.2 Å². The smallest absolute Gasteiger partial charge is 0.306 e. The van der Waals surface area contributed by atoms with Gasteiger partial charge in [-0.05, 0) is 83.5 Å². The standard InChI is InChI=1S/C64H114O6/c1-4-7-10-13-16-19-22-25-28-31-33-36-39-42-45-48-51-54-57-63(66)69-60-61(59-68-62(65)56-53-50-47-44-41-38-35-30-27-24-21-18-15-12-9-6-3)70-64(67)58-55-52-49-46-43-40-37-34-32-29-26-23-20-17-14-11-8-5-2/h9,12,18,21,27,30,33,36,38,41,61H,4-8,10-11,13-17,19-20,22-26,28-29,31-32,34-35,37,39-40,42-60H2,1-3H3/b12-9-,21-18-,30-27-,36-33-,41-38-. The first-order chi connectivity index (χ1) is 34.5. The molecule has 0 radical (unpaired) electrons. The minimum atomic E-state index is -0.789. The van der Waals surface area contributed by atoms with Gasteiger partial charge >= 0.3 is 17.9 Å². The fourth-order valence-corrected chi connectivity index (χ4v) is 8.72. The largest absolute Gasteiger partial charge is 0.462 e. The molecule has 0 aromatic rings. The zero-order chi connectivity index (χ0) is 50.7. The van der Waals surface area contributed by atoms with Crippen molar-refractivity contribution in [2.24, 2.45) is 0 Å². The van der Waals surface area contributed by atoms with Crippen molar-refractivity contribution >= 4 is 17.9 Å². The van der Waals surface area contributed by atoms with Crippen LogP contribution < -0.4 is 0 Å². The Labute approximate surface area is 434 Å². The summed E-state index contributed by atoms with van der Waals surface area (Å²) in [5.74, 6) is -0.910. The van der Waals surface area contributed by atoms with Crippen LogP contribution in [0, 0.1) is 0 Å². The molecule has 0 aromatic heterocycles. The molecule has 1 unspecified atom stereocenters. The molecule has 406 valence electrons. The lowest BCUT2D eigenvalue weighted by molar-refractivity contribution is -0.167. The molecule has 0 aliphatic rings. The molecule has 0 aromatic carbocycles. The van der Waals surface area contributed by atoms with Crippen LogP contribution in [0.2, 0.25) is 0 Å². The van der Waals surface area contributed by atoms with Crippen molar-refractivity contribution in [1.82, 2.24) is 0 Å². The van der Waals surface area contributed by atoms with Crippen LogP contribution in [0.15, 0.2) is 60.8 Å². The number of ether oxygens (including phenoxy) is 3. The highest BCUT2D eigenvalue weighted by Gasteiger charge is 2.19. The maximum Gasteiger partial charge on any atom is 0.306 e. The van der Waals surface area contributed by atoms with E-state index in [2.05, 4.69) is 81.5 Å². The van der Waals surface area contributed by atoms with Crippen molar-refractivity contribution in [3.63, 3.8) is 0 Å². The number of esters is 3. The summed E-state index contributed by atoms with van der Waals surface area (Å²) in [5, 5.41) is 0. The van der Waals surface area contributed by atoms with E-state index in [1.807, 2.05) is 0 Å². The minimum absolute atomic E-state index is 0.0861. The Morgan fingerprint density at radius 1 is 0.300 bits per heavy atom. The highest BCUT2D eigenvalue weighted by molar-refractivity contribution is 5.71. The summed E-state index contributed by atoms with van der Waals surface area (Å²) in [4.78, 5) is 38.2. The first kappa shape index (κ1) is 67.1. The van der Waals surface area contributed by atoms with Crippen LogP contribution in [-0.4, -0.2) is 37.2 Å². The van der Waals surface area contributed by atoms with Crippen LogP contribution in [0.1, 0.15) is 310 Å². The maximum atomic E-state index is 12.9. The van der Waals surface area contributed by atoms with Gasteiger partial charge in [0.2, 0.25) is 0 Å². The second-order valence-corrected chi connectivity index (χ2v) is 20.2. The summed E-state index contributed by atoms with van der Waals surface area (Å²) >= 11 is 0. The first-order valence-corrected chi connectivity index (χ1v) is 30.3. The number of carbonyl (C=O) groups is 3. The number of hydrogen-bond acceptors (Lipinski definition) is 6. The Morgan fingerprint density at radius 2 is 0.557 bits per heavy atom. The number of carbonyl (C=O) groups excluding carboxylic acids is 3. The first-order valence-electron chi connectivity index (χ1n) is 30.3. The third-order valence-corrected chi connectivity index (χ3v) is 13.3. The van der Waals surface area contributed by atoms with Gasteiger partial charge in [0.1, 0.15) is 13.2 Å². The van der Waals surface area contributed by atoms with Crippen LogP contribution in [0.25, 0.3) is 0 Å². The van der Waals surface area contributed by atoms with Crippen LogP contribution in [0.5, 0.6) is 0 Å². The van der Waals surface area contributed by atoms with E-state index in [0.717, 1.165) is 96.3 Å². The van der Waals surface area contributed by atoms with Crippen LogP contribution >= 0.6 is 0 Å². The van der Waals surface area contributed by atoms with Crippen LogP contribution in [0.4, 0.5) is 0 Å². The van der Waals surface area contributed by atoms with Gasteiger partial charge in [0.25, 0.3) is 0 Å². The van der Waals surface area contributed by atoms with Gasteiger partial charge in [-0.15, -0.1) is 0 Å². The third kappa shape index (κ3) is 56.0. The maximum absolute atomic E-state index is 12.9. The Balaban J connectivity index is 4.40. The van der Waals surface area contributed by atoms with Gasteiger partial charge in [-0.25, -0.2) is 0 Å². The van der Waals surface area contributed by atoms with Gasteiger partial charge in [0.05, 0.1) is 0 Å². The second-order valence-electron chi connectivity index (χ2n) is 20.2. The molecule has 6 nitrogen and oxygen atoms in total. The number of hydrogen-bond donors (Lipinski definition) is 0. The molecule has 0 saturated heterocycles. The minimum Gasteiger partial charge on any atom is -0.462 e. The molecule has 0 spiro atoms. The van der Waals surface area contributed by atoms with Gasteiger partial charge in [-0.2, -0.15) is 0 Å². The summed E-state index contributed by atoms with van der Waals surface area (Å²) in [7, 11) is 0. The van der Waals surface area contributed by atoms with Gasteiger partial charge in [-0.1, -0.05) is 268 Å². The molecule has 70 heavy (non-hydrogen) atoms. The lowest BCUT2D eigenvalue weighted by Gasteiger charge is -2.18. The Hall–Kier alpha value is -2.89. The SMILES string of the molecule is CC/C=C\C/C=C\C/C=C\C/C=C\CCCCCC(=O)OCC(COC(=O)CCCCCCC/C=C\CCCCCCCCCCC)OC(=O)CCCCCCCCCCCCCCCCCCCC. The van der Waals surface area contributed by atoms with Crippen LogP contribution in [0.3, 0.4) is 0 Å². The van der Waals surface area contributed by atoms with Crippen molar-refractivity contribution in [1.29, 1.82) is 0 Å². The normalized spacial score (nSPS) is 12.4. The Kier molecular flexibility index (Phi) is 56.3. The molecular weight excluding hydrogens is 865 g/mol. The van der Waals surface area contributed by atoms with Crippen LogP contribution in [-0.2, 0) is 28.6 Å². The summed E-state index contributed by atoms with van der Waals surface area (Å²) in [5.41, 5.74) is 0. The average molecular weight is 980 g/mol. The predicted octanol–water partition coefficient (Wildman–Crippen LogP) is 20.4. The highest BCUT2D eigenvalue weighted by atomic mass is 16.6. The van der Waals surface area contributed by atoms with E-state index in [1.54, 1.807) is 0 Å². The lowest BCUT2D eigenvalue weighted by Crippen LogP contribution is -2.30. The molecule has 6 heteroatoms. The van der Waals surface area contributed by atoms with Gasteiger partial charge in [-0.3, -0.25) is 14.4 Å². The molecule has 0 aliphatic heterocycles. The van der Waals surface area contributed by atoms with Crippen molar-refractivity contribution in [3.05, 3.63) is 60.8 Å². The van der Waals surface area contributed by atoms with Gasteiger partial charge < -0.3 is 14.2 Å². The molecule has 0 aliphatic carbocycles. The van der Waals surface area contributed by atoms with Crippen molar-refractivity contribution < 1.29 is 28.6 Å². The zero-order valence-electron chi connectivity index (χ0n) is 46.5. The molecule has 1 atom stereocenters. The Morgan fingerprint density at radius 3 is 0.900 bits per heavy atom. The molecule has 0 fully saturated rings. The molecule has 0 rings (SSSR count). The topological polar surface area (TPSA) is 78.9 Å². The van der Waals surface area contributed by atoms with Gasteiger partial charge in [0, 0.05) is 19.3 Å². The van der Waals surface area contributed by atoms with Gasteiger partial charge in [0.15, 0.2) is 6.10 Å². The van der Waals surface area contributed by atoms with E-state index < -0.39 is 6.10 Å². The number of rotatable bonds is 55. The summed E-state index contributed by atoms with van der Waals surface area (Å²) in [6, 6.07) is 0. The third-order valence-electron chi connectivity index (χ3n) is 13.3. The molecule has 0 heterocycles. The molecular formula is C64H114O6. The molecule has 0 N–H and O–H groups in total. The van der Waals surface area contributed by atoms with Crippen molar-refractivity contribution in [3.8, 4) is 0 Å². The fraction of sp³-hybridized carbons (Fsp3) is 0.797. The summed E-state index contributed by atoms with van der Waals surface area (Å²) in [6.07, 6.45) is 73.6.